The van der Waals surface area contributed by atoms with Crippen molar-refractivity contribution in [3.63, 3.8) is 0 Å². The van der Waals surface area contributed by atoms with E-state index in [1.807, 2.05) is 0 Å². The zero-order chi connectivity index (χ0) is 12.3. The Morgan fingerprint density at radius 3 is 2.94 bits per heavy atom. The van der Waals surface area contributed by atoms with Crippen molar-refractivity contribution < 1.29 is 19.3 Å². The van der Waals surface area contributed by atoms with Gasteiger partial charge in [-0.15, -0.1) is 0 Å². The summed E-state index contributed by atoms with van der Waals surface area (Å²) in [6.07, 6.45) is 0. The number of hydrogen-bond donors (Lipinski definition) is 2. The van der Waals surface area contributed by atoms with Crippen molar-refractivity contribution in [1.82, 2.24) is 0 Å². The summed E-state index contributed by atoms with van der Waals surface area (Å²) in [7, 11) is 0. The van der Waals surface area contributed by atoms with Crippen LogP contribution < -0.4 is 4.90 Å². The SMILES string of the molecule is OCc1cccc(F)c1N1CCOCC1CO. The largest absolute Gasteiger partial charge is 0.394 e. The van der Waals surface area contributed by atoms with E-state index in [0.717, 1.165) is 0 Å². The smallest absolute Gasteiger partial charge is 0.146 e. The van der Waals surface area contributed by atoms with E-state index in [4.69, 9.17) is 4.74 Å². The van der Waals surface area contributed by atoms with E-state index in [1.165, 1.54) is 6.07 Å². The summed E-state index contributed by atoms with van der Waals surface area (Å²) in [5.41, 5.74) is 0.905. The van der Waals surface area contributed by atoms with E-state index < -0.39 is 0 Å². The molecular weight excluding hydrogens is 225 g/mol. The van der Waals surface area contributed by atoms with Crippen LogP contribution in [0.15, 0.2) is 18.2 Å². The molecule has 94 valence electrons. The van der Waals surface area contributed by atoms with Crippen LogP contribution in [-0.4, -0.2) is 42.6 Å². The summed E-state index contributed by atoms with van der Waals surface area (Å²) in [6.45, 7) is 1.06. The summed E-state index contributed by atoms with van der Waals surface area (Å²) in [5, 5.41) is 18.5. The number of aliphatic hydroxyl groups is 2. The number of nitrogens with zero attached hydrogens (tertiary/aromatic N) is 1. The van der Waals surface area contributed by atoms with Crippen LogP contribution >= 0.6 is 0 Å². The van der Waals surface area contributed by atoms with Crippen LogP contribution in [0.2, 0.25) is 0 Å². The molecule has 0 saturated carbocycles. The summed E-state index contributed by atoms with van der Waals surface area (Å²) < 4.78 is 19.1. The molecule has 5 heteroatoms. The number of aliphatic hydroxyl groups excluding tert-OH is 2. The Morgan fingerprint density at radius 2 is 2.24 bits per heavy atom. The molecule has 4 nitrogen and oxygen atoms in total. The quantitative estimate of drug-likeness (QED) is 0.810. The van der Waals surface area contributed by atoms with Gasteiger partial charge in [0.05, 0.1) is 38.2 Å². The van der Waals surface area contributed by atoms with E-state index in [9.17, 15) is 14.6 Å². The predicted molar refractivity (Wildman–Crippen MR) is 61.4 cm³/mol. The number of para-hydroxylation sites is 1. The highest BCUT2D eigenvalue weighted by Crippen LogP contribution is 2.27. The number of anilines is 1. The lowest BCUT2D eigenvalue weighted by molar-refractivity contribution is 0.0721. The molecule has 2 rings (SSSR count). The monoisotopic (exact) mass is 241 g/mol. The topological polar surface area (TPSA) is 52.9 Å². The van der Waals surface area contributed by atoms with Crippen molar-refractivity contribution in [3.05, 3.63) is 29.6 Å². The standard InChI is InChI=1S/C12H16FNO3/c13-11-3-1-2-9(6-15)12(11)14-4-5-17-8-10(14)7-16/h1-3,10,15-16H,4-8H2. The Hall–Kier alpha value is -1.17. The molecule has 1 unspecified atom stereocenters. The minimum atomic E-state index is -0.378. The first kappa shape index (κ1) is 12.3. The van der Waals surface area contributed by atoms with Crippen molar-refractivity contribution in [3.8, 4) is 0 Å². The third kappa shape index (κ3) is 2.41. The number of hydrogen-bond acceptors (Lipinski definition) is 4. The molecule has 0 aromatic heterocycles. The van der Waals surface area contributed by atoms with Crippen LogP contribution in [-0.2, 0) is 11.3 Å². The van der Waals surface area contributed by atoms with E-state index >= 15 is 0 Å². The zero-order valence-electron chi connectivity index (χ0n) is 9.47. The van der Waals surface area contributed by atoms with Crippen molar-refractivity contribution in [1.29, 1.82) is 0 Å². The molecule has 0 amide bonds. The van der Waals surface area contributed by atoms with Gasteiger partial charge in [-0.05, 0) is 6.07 Å². The molecule has 1 saturated heterocycles. The van der Waals surface area contributed by atoms with Crippen LogP contribution in [0.5, 0.6) is 0 Å². The molecule has 0 bridgehead atoms. The molecule has 1 aromatic carbocycles. The second-order valence-corrected chi connectivity index (χ2v) is 4.01. The highest BCUT2D eigenvalue weighted by atomic mass is 19.1. The minimum Gasteiger partial charge on any atom is -0.394 e. The van der Waals surface area contributed by atoms with Gasteiger partial charge in [0.25, 0.3) is 0 Å². The van der Waals surface area contributed by atoms with Crippen LogP contribution in [0.4, 0.5) is 10.1 Å². The van der Waals surface area contributed by atoms with E-state index in [0.29, 0.717) is 31.0 Å². The van der Waals surface area contributed by atoms with Gasteiger partial charge in [0.2, 0.25) is 0 Å². The molecule has 1 aliphatic heterocycles. The van der Waals surface area contributed by atoms with E-state index in [-0.39, 0.29) is 25.1 Å². The average Bonchev–Trinajstić information content (AvgIpc) is 2.38. The molecule has 1 aliphatic rings. The molecular formula is C12H16FNO3. The Balaban J connectivity index is 2.36. The third-order valence-electron chi connectivity index (χ3n) is 2.97. The van der Waals surface area contributed by atoms with Gasteiger partial charge < -0.3 is 19.8 Å². The number of morpholine rings is 1. The lowest BCUT2D eigenvalue weighted by Crippen LogP contribution is -2.48. The van der Waals surface area contributed by atoms with Gasteiger partial charge >= 0.3 is 0 Å². The van der Waals surface area contributed by atoms with Gasteiger partial charge in [-0.2, -0.15) is 0 Å². The van der Waals surface area contributed by atoms with Crippen molar-refractivity contribution in [2.24, 2.45) is 0 Å². The van der Waals surface area contributed by atoms with E-state index in [2.05, 4.69) is 0 Å². The van der Waals surface area contributed by atoms with Gasteiger partial charge in [0.15, 0.2) is 0 Å². The number of benzene rings is 1. The van der Waals surface area contributed by atoms with Crippen LogP contribution in [0, 0.1) is 5.82 Å². The first-order valence-electron chi connectivity index (χ1n) is 5.61. The third-order valence-corrected chi connectivity index (χ3v) is 2.97. The number of rotatable bonds is 3. The Labute approximate surface area is 99.2 Å². The molecule has 1 heterocycles. The predicted octanol–water partition coefficient (Wildman–Crippen LogP) is 0.515. The molecule has 1 aromatic rings. The maximum atomic E-state index is 13.9. The summed E-state index contributed by atoms with van der Waals surface area (Å²) in [4.78, 5) is 1.77. The second-order valence-electron chi connectivity index (χ2n) is 4.01. The summed E-state index contributed by atoms with van der Waals surface area (Å²) in [6, 6.07) is 4.35. The molecule has 1 fully saturated rings. The van der Waals surface area contributed by atoms with Gasteiger partial charge in [-0.25, -0.2) is 4.39 Å². The van der Waals surface area contributed by atoms with Gasteiger partial charge in [-0.1, -0.05) is 12.1 Å². The lowest BCUT2D eigenvalue weighted by Gasteiger charge is -2.37. The fourth-order valence-corrected chi connectivity index (χ4v) is 2.11. The van der Waals surface area contributed by atoms with Crippen LogP contribution in [0.3, 0.4) is 0 Å². The molecule has 17 heavy (non-hydrogen) atoms. The van der Waals surface area contributed by atoms with Gasteiger partial charge in [0, 0.05) is 12.1 Å². The van der Waals surface area contributed by atoms with Crippen molar-refractivity contribution in [2.45, 2.75) is 12.6 Å². The highest BCUT2D eigenvalue weighted by molar-refractivity contribution is 5.55. The van der Waals surface area contributed by atoms with Gasteiger partial charge in [0.1, 0.15) is 5.82 Å². The Bertz CT molecular complexity index is 386. The van der Waals surface area contributed by atoms with E-state index in [1.54, 1.807) is 17.0 Å². The molecule has 0 aliphatic carbocycles. The van der Waals surface area contributed by atoms with Crippen molar-refractivity contribution >= 4 is 5.69 Å². The molecule has 0 spiro atoms. The average molecular weight is 241 g/mol. The van der Waals surface area contributed by atoms with Crippen LogP contribution in [0.1, 0.15) is 5.56 Å². The zero-order valence-corrected chi connectivity index (χ0v) is 9.47. The number of halogens is 1. The summed E-state index contributed by atoms with van der Waals surface area (Å²) in [5.74, 6) is -0.378. The number of ether oxygens (including phenoxy) is 1. The minimum absolute atomic E-state index is 0.0980. The van der Waals surface area contributed by atoms with Crippen LogP contribution in [0.25, 0.3) is 0 Å². The van der Waals surface area contributed by atoms with Crippen molar-refractivity contribution in [2.75, 3.05) is 31.3 Å². The molecule has 2 N–H and O–H groups in total. The highest BCUT2D eigenvalue weighted by Gasteiger charge is 2.26. The first-order chi connectivity index (χ1) is 8.27. The maximum Gasteiger partial charge on any atom is 0.146 e. The fourth-order valence-electron chi connectivity index (χ4n) is 2.11. The molecule has 1 atom stereocenters. The van der Waals surface area contributed by atoms with Gasteiger partial charge in [-0.3, -0.25) is 0 Å². The summed E-state index contributed by atoms with van der Waals surface area (Å²) >= 11 is 0. The Kier molecular flexibility index (Phi) is 3.93. The second kappa shape index (κ2) is 5.44. The maximum absolute atomic E-state index is 13.9. The lowest BCUT2D eigenvalue weighted by atomic mass is 10.1. The Morgan fingerprint density at radius 1 is 1.41 bits per heavy atom. The fraction of sp³-hybridized carbons (Fsp3) is 0.500. The first-order valence-corrected chi connectivity index (χ1v) is 5.61. The normalized spacial score (nSPS) is 20.6. The molecule has 0 radical (unpaired) electrons.